The van der Waals surface area contributed by atoms with Gasteiger partial charge in [-0.25, -0.2) is 12.7 Å². The summed E-state index contributed by atoms with van der Waals surface area (Å²) < 4.78 is 32.8. The smallest absolute Gasteiger partial charge is 0.261 e. The molecule has 1 N–H and O–H groups in total. The van der Waals surface area contributed by atoms with E-state index in [1.165, 1.54) is 37.0 Å². The van der Waals surface area contributed by atoms with Gasteiger partial charge in [0.1, 0.15) is 5.75 Å². The number of hydrogen-bond acceptors (Lipinski definition) is 6. The van der Waals surface area contributed by atoms with Crippen LogP contribution in [-0.2, 0) is 16.6 Å². The molecule has 1 heterocycles. The normalized spacial score (nSPS) is 12.0. The monoisotopic (exact) mass is 505 g/mol. The lowest BCUT2D eigenvalue weighted by atomic mass is 10.1. The Morgan fingerprint density at radius 2 is 1.69 bits per heavy atom. The van der Waals surface area contributed by atoms with Crippen LogP contribution in [0.4, 0.5) is 5.69 Å². The van der Waals surface area contributed by atoms with Gasteiger partial charge in [0.2, 0.25) is 15.9 Å². The van der Waals surface area contributed by atoms with Gasteiger partial charge in [-0.2, -0.15) is 0 Å². The molecule has 0 spiro atoms. The SMILES string of the molecule is COc1ccc(Cn2c(O)c(C=Nc3cc(S(=O)(=O)N(C)C)ccc3C)c3ccccc3c2=O)cc1. The summed E-state index contributed by atoms with van der Waals surface area (Å²) in [5.41, 5.74) is 2.04. The number of hydrogen-bond donors (Lipinski definition) is 1. The number of fused-ring (bicyclic) bond motifs is 1. The molecule has 0 atom stereocenters. The standard InChI is InChI=1S/C27H27N3O5S/c1-18-9-14-21(36(33,34)29(2)3)15-25(18)28-16-24-22-7-5-6-8-23(22)26(31)30(27(24)32)17-19-10-12-20(35-4)13-11-19/h5-16,32H,17H2,1-4H3. The molecule has 9 heteroatoms. The second-order valence-electron chi connectivity index (χ2n) is 8.52. The summed E-state index contributed by atoms with van der Waals surface area (Å²) in [6.07, 6.45) is 1.47. The van der Waals surface area contributed by atoms with E-state index in [1.807, 2.05) is 19.1 Å². The number of sulfonamides is 1. The Kier molecular flexibility index (Phi) is 6.96. The predicted molar refractivity (Wildman–Crippen MR) is 141 cm³/mol. The summed E-state index contributed by atoms with van der Waals surface area (Å²) in [5.74, 6) is 0.462. The van der Waals surface area contributed by atoms with Crippen LogP contribution in [0.1, 0.15) is 16.7 Å². The van der Waals surface area contributed by atoms with Gasteiger partial charge in [0.25, 0.3) is 5.56 Å². The van der Waals surface area contributed by atoms with Gasteiger partial charge in [0, 0.05) is 31.1 Å². The zero-order valence-electron chi connectivity index (χ0n) is 20.5. The van der Waals surface area contributed by atoms with E-state index in [-0.39, 0.29) is 22.9 Å². The van der Waals surface area contributed by atoms with Crippen LogP contribution in [0.3, 0.4) is 0 Å². The van der Waals surface area contributed by atoms with E-state index in [2.05, 4.69) is 4.99 Å². The van der Waals surface area contributed by atoms with Gasteiger partial charge in [-0.15, -0.1) is 0 Å². The van der Waals surface area contributed by atoms with Crippen molar-refractivity contribution >= 4 is 32.7 Å². The Morgan fingerprint density at radius 3 is 2.33 bits per heavy atom. The van der Waals surface area contributed by atoms with E-state index in [4.69, 9.17) is 4.74 Å². The van der Waals surface area contributed by atoms with Gasteiger partial charge in [-0.3, -0.25) is 14.4 Å². The molecule has 0 aliphatic carbocycles. The molecule has 4 aromatic rings. The van der Waals surface area contributed by atoms with Crippen LogP contribution in [0.25, 0.3) is 10.8 Å². The average Bonchev–Trinajstić information content (AvgIpc) is 2.87. The van der Waals surface area contributed by atoms with Crippen molar-refractivity contribution in [2.24, 2.45) is 4.99 Å². The minimum atomic E-state index is -3.64. The number of rotatable bonds is 7. The van der Waals surface area contributed by atoms with Crippen molar-refractivity contribution in [2.75, 3.05) is 21.2 Å². The van der Waals surface area contributed by atoms with Crippen molar-refractivity contribution in [3.63, 3.8) is 0 Å². The molecular weight excluding hydrogens is 478 g/mol. The van der Waals surface area contributed by atoms with Crippen molar-refractivity contribution in [1.29, 1.82) is 0 Å². The van der Waals surface area contributed by atoms with E-state index in [1.54, 1.807) is 49.6 Å². The Morgan fingerprint density at radius 1 is 1.03 bits per heavy atom. The highest BCUT2D eigenvalue weighted by molar-refractivity contribution is 7.89. The molecule has 0 unspecified atom stereocenters. The number of pyridine rings is 1. The van der Waals surface area contributed by atoms with Gasteiger partial charge >= 0.3 is 0 Å². The first-order valence-electron chi connectivity index (χ1n) is 11.2. The molecule has 0 fully saturated rings. The highest BCUT2D eigenvalue weighted by Gasteiger charge is 2.19. The van der Waals surface area contributed by atoms with Crippen LogP contribution < -0.4 is 10.3 Å². The van der Waals surface area contributed by atoms with Gasteiger partial charge < -0.3 is 9.84 Å². The molecule has 0 amide bonds. The fourth-order valence-corrected chi connectivity index (χ4v) is 4.76. The minimum absolute atomic E-state index is 0.115. The van der Waals surface area contributed by atoms with E-state index in [0.717, 1.165) is 15.4 Å². The maximum atomic E-state index is 13.2. The highest BCUT2D eigenvalue weighted by atomic mass is 32.2. The van der Waals surface area contributed by atoms with Gasteiger partial charge in [0.15, 0.2) is 0 Å². The molecular formula is C27H27N3O5S. The van der Waals surface area contributed by atoms with Crippen LogP contribution in [0.5, 0.6) is 11.6 Å². The van der Waals surface area contributed by atoms with E-state index < -0.39 is 10.0 Å². The lowest BCUT2D eigenvalue weighted by Gasteiger charge is -2.14. The Labute approximate surface area is 209 Å². The quantitative estimate of drug-likeness (QED) is 0.382. The number of aliphatic imine (C=N–C) groups is 1. The predicted octanol–water partition coefficient (Wildman–Crippen LogP) is 4.07. The van der Waals surface area contributed by atoms with E-state index in [0.29, 0.717) is 27.8 Å². The largest absolute Gasteiger partial charge is 0.497 e. The third kappa shape index (κ3) is 4.75. The number of benzene rings is 3. The molecule has 0 aliphatic rings. The maximum absolute atomic E-state index is 13.2. The Bertz CT molecular complexity index is 1620. The topological polar surface area (TPSA) is 101 Å². The van der Waals surface area contributed by atoms with Crippen molar-refractivity contribution in [3.8, 4) is 11.6 Å². The Balaban J connectivity index is 1.84. The van der Waals surface area contributed by atoms with Crippen molar-refractivity contribution in [2.45, 2.75) is 18.4 Å². The summed E-state index contributed by atoms with van der Waals surface area (Å²) in [6.45, 7) is 1.97. The first kappa shape index (κ1) is 25.2. The van der Waals surface area contributed by atoms with Gasteiger partial charge in [-0.1, -0.05) is 36.4 Å². The molecule has 0 saturated carbocycles. The lowest BCUT2D eigenvalue weighted by molar-refractivity contribution is 0.412. The van der Waals surface area contributed by atoms with E-state index in [9.17, 15) is 18.3 Å². The van der Waals surface area contributed by atoms with Crippen LogP contribution in [0.2, 0.25) is 0 Å². The molecule has 186 valence electrons. The zero-order valence-corrected chi connectivity index (χ0v) is 21.3. The summed E-state index contributed by atoms with van der Waals surface area (Å²) in [4.78, 5) is 17.9. The highest BCUT2D eigenvalue weighted by Crippen LogP contribution is 2.28. The van der Waals surface area contributed by atoms with Gasteiger partial charge in [-0.05, 0) is 48.4 Å². The second-order valence-corrected chi connectivity index (χ2v) is 10.7. The molecule has 0 radical (unpaired) electrons. The van der Waals surface area contributed by atoms with Crippen LogP contribution in [0.15, 0.2) is 81.4 Å². The molecule has 0 bridgehead atoms. The second kappa shape index (κ2) is 9.96. The Hall–Kier alpha value is -3.95. The number of aromatic nitrogens is 1. The third-order valence-electron chi connectivity index (χ3n) is 5.98. The first-order valence-corrected chi connectivity index (χ1v) is 12.6. The molecule has 4 rings (SSSR count). The molecule has 1 aromatic heterocycles. The van der Waals surface area contributed by atoms with Crippen molar-refractivity contribution in [1.82, 2.24) is 8.87 Å². The van der Waals surface area contributed by atoms with Crippen molar-refractivity contribution in [3.05, 3.63) is 93.8 Å². The maximum Gasteiger partial charge on any atom is 0.261 e. The van der Waals surface area contributed by atoms with Gasteiger partial charge in [0.05, 0.1) is 29.8 Å². The molecule has 36 heavy (non-hydrogen) atoms. The summed E-state index contributed by atoms with van der Waals surface area (Å²) in [7, 11) is 0.872. The first-order chi connectivity index (χ1) is 17.1. The number of ether oxygens (including phenoxy) is 1. The fraction of sp³-hybridized carbons (Fsp3) is 0.185. The van der Waals surface area contributed by atoms with Crippen LogP contribution in [-0.4, -0.2) is 49.8 Å². The molecule has 8 nitrogen and oxygen atoms in total. The average molecular weight is 506 g/mol. The summed E-state index contributed by atoms with van der Waals surface area (Å²) in [5, 5.41) is 12.2. The number of nitrogens with zero attached hydrogens (tertiary/aromatic N) is 3. The summed E-state index contributed by atoms with van der Waals surface area (Å²) in [6, 6.07) is 18.9. The molecule has 3 aromatic carbocycles. The van der Waals surface area contributed by atoms with E-state index >= 15 is 0 Å². The number of methoxy groups -OCH3 is 1. The lowest BCUT2D eigenvalue weighted by Crippen LogP contribution is -2.22. The third-order valence-corrected chi connectivity index (χ3v) is 7.79. The van der Waals surface area contributed by atoms with Crippen molar-refractivity contribution < 1.29 is 18.3 Å². The van der Waals surface area contributed by atoms with Crippen LogP contribution >= 0.6 is 0 Å². The number of aromatic hydroxyl groups is 1. The fourth-order valence-electron chi connectivity index (χ4n) is 3.83. The zero-order chi connectivity index (χ0) is 26.0. The van der Waals surface area contributed by atoms with Crippen LogP contribution in [0, 0.1) is 6.92 Å². The number of aryl methyl sites for hydroxylation is 1. The summed E-state index contributed by atoms with van der Waals surface area (Å²) >= 11 is 0. The molecule has 0 saturated heterocycles. The molecule has 0 aliphatic heterocycles. The minimum Gasteiger partial charge on any atom is -0.497 e.